The molecular weight excluding hydrogens is 358 g/mol. The van der Waals surface area contributed by atoms with Crippen LogP contribution in [0.25, 0.3) is 0 Å². The first-order valence-corrected chi connectivity index (χ1v) is 9.94. The van der Waals surface area contributed by atoms with Gasteiger partial charge in [0.25, 0.3) is 0 Å². The number of carbonyl (C=O) groups excluding carboxylic acids is 3. The minimum Gasteiger partial charge on any atom is -0.450 e. The molecule has 0 radical (unpaired) electrons. The lowest BCUT2D eigenvalue weighted by Crippen LogP contribution is -2.50. The highest BCUT2D eigenvalue weighted by Gasteiger charge is 2.30. The van der Waals surface area contributed by atoms with Gasteiger partial charge in [0, 0.05) is 31.7 Å². The third kappa shape index (κ3) is 5.47. The van der Waals surface area contributed by atoms with Crippen LogP contribution in [0.5, 0.6) is 0 Å². The third-order valence-electron chi connectivity index (χ3n) is 5.15. The van der Waals surface area contributed by atoms with Crippen molar-refractivity contribution in [2.75, 3.05) is 31.6 Å². The maximum atomic E-state index is 12.7. The van der Waals surface area contributed by atoms with Crippen molar-refractivity contribution < 1.29 is 19.1 Å². The zero-order valence-electron chi connectivity index (χ0n) is 17.3. The van der Waals surface area contributed by atoms with E-state index in [0.29, 0.717) is 32.5 Å². The van der Waals surface area contributed by atoms with Crippen molar-refractivity contribution >= 4 is 23.6 Å². The van der Waals surface area contributed by atoms with Crippen molar-refractivity contribution in [1.29, 1.82) is 0 Å². The van der Waals surface area contributed by atoms with E-state index in [1.165, 1.54) is 6.92 Å². The lowest BCUT2D eigenvalue weighted by Gasteiger charge is -2.37. The molecule has 0 aliphatic carbocycles. The van der Waals surface area contributed by atoms with Gasteiger partial charge in [0.05, 0.1) is 6.61 Å². The standard InChI is InChI=1S/C21H31N3O4/c1-5-17-9-7-8-15(3)20(17)22-19(26)14-24(16(4)25)18-10-12-23(13-11-18)21(27)28-6-2/h7-9,18H,5-6,10-14H2,1-4H3,(H,22,26). The van der Waals surface area contributed by atoms with E-state index in [-0.39, 0.29) is 30.5 Å². The Hall–Kier alpha value is -2.57. The van der Waals surface area contributed by atoms with E-state index in [2.05, 4.69) is 5.32 Å². The lowest BCUT2D eigenvalue weighted by molar-refractivity contribution is -0.136. The molecule has 1 aromatic rings. The molecule has 7 nitrogen and oxygen atoms in total. The zero-order valence-corrected chi connectivity index (χ0v) is 17.3. The number of carbonyl (C=O) groups is 3. The number of nitrogens with zero attached hydrogens (tertiary/aromatic N) is 2. The number of hydrogen-bond acceptors (Lipinski definition) is 4. The van der Waals surface area contributed by atoms with Gasteiger partial charge >= 0.3 is 6.09 Å². The number of hydrogen-bond donors (Lipinski definition) is 1. The molecule has 7 heteroatoms. The Labute approximate surface area is 167 Å². The molecule has 2 rings (SSSR count). The molecule has 0 aromatic heterocycles. The Balaban J connectivity index is 1.99. The highest BCUT2D eigenvalue weighted by atomic mass is 16.6. The van der Waals surface area contributed by atoms with Crippen LogP contribution >= 0.6 is 0 Å². The Morgan fingerprint density at radius 3 is 2.46 bits per heavy atom. The van der Waals surface area contributed by atoms with Gasteiger partial charge in [-0.2, -0.15) is 0 Å². The maximum Gasteiger partial charge on any atom is 0.409 e. The zero-order chi connectivity index (χ0) is 20.7. The number of likely N-dealkylation sites (tertiary alicyclic amines) is 1. The van der Waals surface area contributed by atoms with Crippen molar-refractivity contribution in [1.82, 2.24) is 9.80 Å². The maximum absolute atomic E-state index is 12.7. The molecule has 1 aliphatic rings. The molecule has 0 atom stereocenters. The van der Waals surface area contributed by atoms with Gasteiger partial charge < -0.3 is 19.9 Å². The number of anilines is 1. The Bertz CT molecular complexity index is 712. The van der Waals surface area contributed by atoms with Crippen LogP contribution in [-0.2, 0) is 20.7 Å². The highest BCUT2D eigenvalue weighted by Crippen LogP contribution is 2.22. The molecule has 0 saturated carbocycles. The SMILES string of the molecule is CCOC(=O)N1CCC(N(CC(=O)Nc2c(C)cccc2CC)C(C)=O)CC1. The van der Waals surface area contributed by atoms with Gasteiger partial charge in [-0.15, -0.1) is 0 Å². The number of rotatable bonds is 6. The van der Waals surface area contributed by atoms with Crippen molar-refractivity contribution in [3.63, 3.8) is 0 Å². The monoisotopic (exact) mass is 389 g/mol. The van der Waals surface area contributed by atoms with Gasteiger partial charge in [-0.05, 0) is 44.2 Å². The average molecular weight is 389 g/mol. The van der Waals surface area contributed by atoms with E-state index < -0.39 is 0 Å². The van der Waals surface area contributed by atoms with E-state index in [9.17, 15) is 14.4 Å². The average Bonchev–Trinajstić information content (AvgIpc) is 2.68. The fraction of sp³-hybridized carbons (Fsp3) is 0.571. The molecule has 0 bridgehead atoms. The summed E-state index contributed by atoms with van der Waals surface area (Å²) in [5.74, 6) is -0.336. The summed E-state index contributed by atoms with van der Waals surface area (Å²) in [4.78, 5) is 39.9. The summed E-state index contributed by atoms with van der Waals surface area (Å²) in [5, 5.41) is 2.98. The van der Waals surface area contributed by atoms with Crippen LogP contribution in [0.2, 0.25) is 0 Å². The summed E-state index contributed by atoms with van der Waals surface area (Å²) in [6.07, 6.45) is 1.77. The van der Waals surface area contributed by atoms with Crippen LogP contribution in [-0.4, -0.2) is 60.0 Å². The number of amides is 3. The Morgan fingerprint density at radius 2 is 1.89 bits per heavy atom. The van der Waals surface area contributed by atoms with Crippen LogP contribution in [0.1, 0.15) is 44.7 Å². The molecular formula is C21H31N3O4. The first kappa shape index (κ1) is 21.7. The number of benzene rings is 1. The molecule has 1 saturated heterocycles. The van der Waals surface area contributed by atoms with Crippen LogP contribution in [0, 0.1) is 6.92 Å². The minimum atomic E-state index is -0.320. The fourth-order valence-corrected chi connectivity index (χ4v) is 3.61. The van der Waals surface area contributed by atoms with E-state index in [1.807, 2.05) is 32.0 Å². The summed E-state index contributed by atoms with van der Waals surface area (Å²) in [6, 6.07) is 5.87. The Morgan fingerprint density at radius 1 is 1.21 bits per heavy atom. The van der Waals surface area contributed by atoms with Crippen LogP contribution in [0.4, 0.5) is 10.5 Å². The normalized spacial score (nSPS) is 14.5. The quantitative estimate of drug-likeness (QED) is 0.811. The second-order valence-electron chi connectivity index (χ2n) is 7.07. The summed E-state index contributed by atoms with van der Waals surface area (Å²) in [6.45, 7) is 8.66. The summed E-state index contributed by atoms with van der Waals surface area (Å²) in [5.41, 5.74) is 2.91. The first-order chi connectivity index (χ1) is 13.4. The molecule has 0 unspecified atom stereocenters. The van der Waals surface area contributed by atoms with Crippen molar-refractivity contribution in [2.45, 2.75) is 53.0 Å². The van der Waals surface area contributed by atoms with E-state index in [1.54, 1.807) is 16.7 Å². The second-order valence-corrected chi connectivity index (χ2v) is 7.07. The summed E-state index contributed by atoms with van der Waals surface area (Å²) < 4.78 is 5.03. The summed E-state index contributed by atoms with van der Waals surface area (Å²) >= 11 is 0. The lowest BCUT2D eigenvalue weighted by atomic mass is 10.0. The minimum absolute atomic E-state index is 0.0108. The number of para-hydroxylation sites is 1. The molecule has 28 heavy (non-hydrogen) atoms. The molecule has 1 fully saturated rings. The van der Waals surface area contributed by atoms with Gasteiger partial charge in [0.15, 0.2) is 0 Å². The topological polar surface area (TPSA) is 79.0 Å². The van der Waals surface area contributed by atoms with Crippen LogP contribution in [0.3, 0.4) is 0 Å². The molecule has 3 amide bonds. The molecule has 1 N–H and O–H groups in total. The number of ether oxygens (including phenoxy) is 1. The van der Waals surface area contributed by atoms with Crippen molar-refractivity contribution in [2.24, 2.45) is 0 Å². The van der Waals surface area contributed by atoms with E-state index in [4.69, 9.17) is 4.74 Å². The smallest absolute Gasteiger partial charge is 0.409 e. The third-order valence-corrected chi connectivity index (χ3v) is 5.15. The van der Waals surface area contributed by atoms with Gasteiger partial charge in [-0.25, -0.2) is 4.79 Å². The van der Waals surface area contributed by atoms with E-state index >= 15 is 0 Å². The predicted molar refractivity (Wildman–Crippen MR) is 108 cm³/mol. The highest BCUT2D eigenvalue weighted by molar-refractivity contribution is 5.95. The van der Waals surface area contributed by atoms with Crippen LogP contribution in [0.15, 0.2) is 18.2 Å². The van der Waals surface area contributed by atoms with Gasteiger partial charge in [-0.1, -0.05) is 25.1 Å². The van der Waals surface area contributed by atoms with E-state index in [0.717, 1.165) is 23.2 Å². The predicted octanol–water partition coefficient (Wildman–Crippen LogP) is 2.97. The largest absolute Gasteiger partial charge is 0.450 e. The van der Waals surface area contributed by atoms with Crippen LogP contribution < -0.4 is 5.32 Å². The molecule has 0 spiro atoms. The molecule has 154 valence electrons. The van der Waals surface area contributed by atoms with Gasteiger partial charge in [-0.3, -0.25) is 9.59 Å². The summed E-state index contributed by atoms with van der Waals surface area (Å²) in [7, 11) is 0. The fourth-order valence-electron chi connectivity index (χ4n) is 3.61. The Kier molecular flexibility index (Phi) is 7.84. The number of piperidine rings is 1. The molecule has 1 heterocycles. The van der Waals surface area contributed by atoms with Crippen molar-refractivity contribution in [3.8, 4) is 0 Å². The number of nitrogens with one attached hydrogen (secondary N) is 1. The van der Waals surface area contributed by atoms with Gasteiger partial charge in [0.1, 0.15) is 6.54 Å². The number of aryl methyl sites for hydroxylation is 2. The van der Waals surface area contributed by atoms with Crippen molar-refractivity contribution in [3.05, 3.63) is 29.3 Å². The molecule has 1 aliphatic heterocycles. The first-order valence-electron chi connectivity index (χ1n) is 9.94. The second kappa shape index (κ2) is 10.1. The molecule has 1 aromatic carbocycles. The van der Waals surface area contributed by atoms with Gasteiger partial charge in [0.2, 0.25) is 11.8 Å².